The molecule has 2 heterocycles. The van der Waals surface area contributed by atoms with E-state index < -0.39 is 6.10 Å². The van der Waals surface area contributed by atoms with Gasteiger partial charge in [0.2, 0.25) is 0 Å². The zero-order valence-electron chi connectivity index (χ0n) is 9.35. The Hall–Kier alpha value is -0.650. The Labute approximate surface area is 95.1 Å². The molecule has 2 N–H and O–H groups in total. The Morgan fingerprint density at radius 1 is 1.50 bits per heavy atom. The van der Waals surface area contributed by atoms with Gasteiger partial charge < -0.3 is 19.9 Å². The molecule has 92 valence electrons. The van der Waals surface area contributed by atoms with E-state index in [4.69, 9.17) is 9.47 Å². The van der Waals surface area contributed by atoms with Gasteiger partial charge >= 0.3 is 5.97 Å². The summed E-state index contributed by atoms with van der Waals surface area (Å²) in [5.41, 5.74) is 0. The quantitative estimate of drug-likeness (QED) is 0.657. The summed E-state index contributed by atoms with van der Waals surface area (Å²) >= 11 is 0. The van der Waals surface area contributed by atoms with E-state index in [0.29, 0.717) is 19.6 Å². The lowest BCUT2D eigenvalue weighted by Crippen LogP contribution is -2.35. The lowest BCUT2D eigenvalue weighted by atomic mass is 10.1. The molecule has 0 aromatic rings. The first-order valence-corrected chi connectivity index (χ1v) is 5.95. The Bertz CT molecular complexity index is 240. The number of nitrogens with one attached hydrogen (secondary N) is 1. The van der Waals surface area contributed by atoms with Crippen molar-refractivity contribution >= 4 is 5.97 Å². The first kappa shape index (κ1) is 11.8. The number of ether oxygens (including phenoxy) is 2. The van der Waals surface area contributed by atoms with Crippen LogP contribution in [0.1, 0.15) is 25.7 Å². The minimum atomic E-state index is -0.427. The van der Waals surface area contributed by atoms with E-state index in [1.54, 1.807) is 0 Å². The second kappa shape index (κ2) is 5.61. The zero-order valence-corrected chi connectivity index (χ0v) is 9.35. The predicted octanol–water partition coefficient (Wildman–Crippen LogP) is -0.179. The van der Waals surface area contributed by atoms with E-state index in [-0.39, 0.29) is 18.1 Å². The van der Waals surface area contributed by atoms with Crippen LogP contribution in [0.4, 0.5) is 0 Å². The number of hydrogen-bond acceptors (Lipinski definition) is 5. The largest absolute Gasteiger partial charge is 0.462 e. The van der Waals surface area contributed by atoms with Crippen molar-refractivity contribution in [1.29, 1.82) is 0 Å². The molecule has 0 aliphatic carbocycles. The second-order valence-corrected chi connectivity index (χ2v) is 4.47. The second-order valence-electron chi connectivity index (χ2n) is 4.47. The van der Waals surface area contributed by atoms with Gasteiger partial charge in [-0.15, -0.1) is 0 Å². The van der Waals surface area contributed by atoms with Gasteiger partial charge in [0.1, 0.15) is 12.6 Å². The summed E-state index contributed by atoms with van der Waals surface area (Å²) in [5.74, 6) is -0.272. The van der Waals surface area contributed by atoms with Crippen LogP contribution in [-0.4, -0.2) is 49.1 Å². The summed E-state index contributed by atoms with van der Waals surface area (Å²) in [4.78, 5) is 11.6. The van der Waals surface area contributed by atoms with Crippen LogP contribution in [0.15, 0.2) is 0 Å². The van der Waals surface area contributed by atoms with E-state index in [0.717, 1.165) is 25.9 Å². The molecule has 2 unspecified atom stereocenters. The minimum Gasteiger partial charge on any atom is -0.462 e. The van der Waals surface area contributed by atoms with Crippen LogP contribution in [0.5, 0.6) is 0 Å². The van der Waals surface area contributed by atoms with Gasteiger partial charge in [-0.05, 0) is 19.3 Å². The fraction of sp³-hybridized carbons (Fsp3) is 0.909. The molecule has 0 saturated carbocycles. The number of carbonyl (C=O) groups is 1. The SMILES string of the molecule is O=C(OCC1CCCCO1)[C@@H]1CC(O)CN1. The van der Waals surface area contributed by atoms with Gasteiger partial charge in [0.25, 0.3) is 0 Å². The van der Waals surface area contributed by atoms with Crippen LogP contribution in [0, 0.1) is 0 Å². The molecule has 16 heavy (non-hydrogen) atoms. The molecule has 2 rings (SSSR count). The summed E-state index contributed by atoms with van der Waals surface area (Å²) < 4.78 is 10.6. The summed E-state index contributed by atoms with van der Waals surface area (Å²) in [7, 11) is 0. The fourth-order valence-electron chi connectivity index (χ4n) is 2.11. The Morgan fingerprint density at radius 3 is 3.00 bits per heavy atom. The summed E-state index contributed by atoms with van der Waals surface area (Å²) in [6.45, 7) is 1.58. The molecule has 0 spiro atoms. The minimum absolute atomic E-state index is 0.0593. The summed E-state index contributed by atoms with van der Waals surface area (Å²) in [6.07, 6.45) is 3.29. The molecule has 3 atom stereocenters. The van der Waals surface area contributed by atoms with Gasteiger partial charge in [-0.25, -0.2) is 0 Å². The first-order chi connectivity index (χ1) is 7.75. The molecule has 5 nitrogen and oxygen atoms in total. The molecule has 5 heteroatoms. The van der Waals surface area contributed by atoms with Crippen molar-refractivity contribution in [3.8, 4) is 0 Å². The smallest absolute Gasteiger partial charge is 0.323 e. The Balaban J connectivity index is 1.67. The number of hydrogen-bond donors (Lipinski definition) is 2. The van der Waals surface area contributed by atoms with E-state index in [1.807, 2.05) is 0 Å². The van der Waals surface area contributed by atoms with Crippen molar-refractivity contribution in [2.45, 2.75) is 43.9 Å². The summed E-state index contributed by atoms with van der Waals surface area (Å²) in [5, 5.41) is 12.2. The molecule has 0 aromatic heterocycles. The van der Waals surface area contributed by atoms with Crippen LogP contribution < -0.4 is 5.32 Å². The van der Waals surface area contributed by atoms with E-state index in [1.165, 1.54) is 0 Å². The van der Waals surface area contributed by atoms with Crippen LogP contribution in [-0.2, 0) is 14.3 Å². The van der Waals surface area contributed by atoms with Gasteiger partial charge in [0, 0.05) is 19.6 Å². The number of aliphatic hydroxyl groups is 1. The average molecular weight is 229 g/mol. The number of esters is 1. The molecular formula is C11H19NO4. The number of carbonyl (C=O) groups excluding carboxylic acids is 1. The van der Waals surface area contributed by atoms with Gasteiger partial charge in [0.05, 0.1) is 12.2 Å². The van der Waals surface area contributed by atoms with E-state index >= 15 is 0 Å². The van der Waals surface area contributed by atoms with Crippen molar-refractivity contribution in [3.05, 3.63) is 0 Å². The molecule has 0 amide bonds. The maximum Gasteiger partial charge on any atom is 0.323 e. The van der Waals surface area contributed by atoms with Crippen LogP contribution in [0.3, 0.4) is 0 Å². The highest BCUT2D eigenvalue weighted by atomic mass is 16.6. The molecular weight excluding hydrogens is 210 g/mol. The lowest BCUT2D eigenvalue weighted by Gasteiger charge is -2.22. The molecule has 2 fully saturated rings. The van der Waals surface area contributed by atoms with E-state index in [2.05, 4.69) is 5.32 Å². The molecule has 0 aromatic carbocycles. The zero-order chi connectivity index (χ0) is 11.4. The normalized spacial score (nSPS) is 34.9. The molecule has 2 aliphatic heterocycles. The topological polar surface area (TPSA) is 67.8 Å². The van der Waals surface area contributed by atoms with Crippen molar-refractivity contribution in [1.82, 2.24) is 5.32 Å². The molecule has 0 bridgehead atoms. The highest BCUT2D eigenvalue weighted by Crippen LogP contribution is 2.14. The van der Waals surface area contributed by atoms with E-state index in [9.17, 15) is 9.90 Å². The summed E-state index contributed by atoms with van der Waals surface area (Å²) in [6, 6.07) is -0.349. The highest BCUT2D eigenvalue weighted by Gasteiger charge is 2.29. The predicted molar refractivity (Wildman–Crippen MR) is 57.0 cm³/mol. The number of β-amino-alcohol motifs (C(OH)–C–C–N with tert-alkyl or cyclic N) is 1. The average Bonchev–Trinajstić information content (AvgIpc) is 2.74. The van der Waals surface area contributed by atoms with Crippen LogP contribution >= 0.6 is 0 Å². The van der Waals surface area contributed by atoms with Gasteiger partial charge in [-0.1, -0.05) is 0 Å². The van der Waals surface area contributed by atoms with Crippen LogP contribution in [0.25, 0.3) is 0 Å². The fourth-order valence-corrected chi connectivity index (χ4v) is 2.11. The Kier molecular flexibility index (Phi) is 4.15. The standard InChI is InChI=1S/C11H19NO4/c13-8-5-10(12-6-8)11(14)16-7-9-3-1-2-4-15-9/h8-10,12-13H,1-7H2/t8?,9?,10-/m0/s1. The number of aliphatic hydroxyl groups excluding tert-OH is 1. The van der Waals surface area contributed by atoms with Crippen molar-refractivity contribution in [2.24, 2.45) is 0 Å². The van der Waals surface area contributed by atoms with Gasteiger partial charge in [0.15, 0.2) is 0 Å². The van der Waals surface area contributed by atoms with Crippen molar-refractivity contribution in [2.75, 3.05) is 19.8 Å². The third-order valence-electron chi connectivity index (χ3n) is 3.08. The van der Waals surface area contributed by atoms with Crippen molar-refractivity contribution < 1.29 is 19.4 Å². The molecule has 2 saturated heterocycles. The molecule has 0 radical (unpaired) electrons. The van der Waals surface area contributed by atoms with Gasteiger partial charge in [-0.3, -0.25) is 4.79 Å². The molecule has 2 aliphatic rings. The maximum absolute atomic E-state index is 11.6. The maximum atomic E-state index is 11.6. The van der Waals surface area contributed by atoms with Gasteiger partial charge in [-0.2, -0.15) is 0 Å². The lowest BCUT2D eigenvalue weighted by molar-refractivity contribution is -0.151. The third kappa shape index (κ3) is 3.17. The van der Waals surface area contributed by atoms with Crippen molar-refractivity contribution in [3.63, 3.8) is 0 Å². The Morgan fingerprint density at radius 2 is 2.38 bits per heavy atom. The first-order valence-electron chi connectivity index (χ1n) is 5.95. The third-order valence-corrected chi connectivity index (χ3v) is 3.08. The highest BCUT2D eigenvalue weighted by molar-refractivity contribution is 5.76. The number of rotatable bonds is 3. The van der Waals surface area contributed by atoms with Crippen LogP contribution in [0.2, 0.25) is 0 Å². The monoisotopic (exact) mass is 229 g/mol.